The molecule has 1 N–H and O–H groups in total. The highest BCUT2D eigenvalue weighted by Gasteiger charge is 2.25. The fourth-order valence-corrected chi connectivity index (χ4v) is 4.91. The molecule has 0 radical (unpaired) electrons. The van der Waals surface area contributed by atoms with E-state index in [9.17, 15) is 19.0 Å². The quantitative estimate of drug-likeness (QED) is 0.0573. The fourth-order valence-electron chi connectivity index (χ4n) is 4.16. The monoisotopic (exact) mass is 564 g/mol. The maximum Gasteiger partial charge on any atom is 0.472 e. The van der Waals surface area contributed by atoms with Gasteiger partial charge in [0, 0.05) is 12.8 Å². The first-order valence-electron chi connectivity index (χ1n) is 15.3. The lowest BCUT2D eigenvalue weighted by atomic mass is 10.1. The highest BCUT2D eigenvalue weighted by atomic mass is 31.2. The molecule has 226 valence electrons. The number of phosphoric acid groups is 1. The average molecular weight is 565 g/mol. The molecular formula is C29H57O8P. The van der Waals surface area contributed by atoms with Crippen LogP contribution in [0.25, 0.3) is 0 Å². The van der Waals surface area contributed by atoms with Crippen LogP contribution in [0.1, 0.15) is 149 Å². The Hall–Kier alpha value is -0.950. The first-order valence-corrected chi connectivity index (χ1v) is 16.8. The summed E-state index contributed by atoms with van der Waals surface area (Å²) in [5.74, 6) is -0.800. The minimum Gasteiger partial charge on any atom is -0.462 e. The van der Waals surface area contributed by atoms with Crippen molar-refractivity contribution >= 4 is 19.8 Å². The van der Waals surface area contributed by atoms with Gasteiger partial charge in [0.2, 0.25) is 0 Å². The molecule has 0 saturated heterocycles. The van der Waals surface area contributed by atoms with E-state index < -0.39 is 19.9 Å². The van der Waals surface area contributed by atoms with Gasteiger partial charge in [-0.1, -0.05) is 117 Å². The minimum atomic E-state index is -4.25. The number of ether oxygens (including phenoxy) is 2. The minimum absolute atomic E-state index is 0.00453. The number of esters is 2. The number of carbonyl (C=O) groups is 2. The molecule has 0 aromatic rings. The van der Waals surface area contributed by atoms with Gasteiger partial charge in [-0.15, -0.1) is 0 Å². The van der Waals surface area contributed by atoms with E-state index >= 15 is 0 Å². The summed E-state index contributed by atoms with van der Waals surface area (Å²) in [7, 11) is -4.25. The molecule has 0 bridgehead atoms. The van der Waals surface area contributed by atoms with Crippen molar-refractivity contribution in [1.82, 2.24) is 0 Å². The molecule has 0 saturated carbocycles. The molecule has 0 aliphatic rings. The zero-order chi connectivity index (χ0) is 28.3. The molecular weight excluding hydrogens is 507 g/mol. The topological polar surface area (TPSA) is 108 Å². The first kappa shape index (κ1) is 37.0. The van der Waals surface area contributed by atoms with E-state index in [0.717, 1.165) is 38.5 Å². The van der Waals surface area contributed by atoms with Crippen LogP contribution in [-0.2, 0) is 32.7 Å². The van der Waals surface area contributed by atoms with Gasteiger partial charge in [0.25, 0.3) is 0 Å². The number of rotatable bonds is 28. The smallest absolute Gasteiger partial charge is 0.462 e. The van der Waals surface area contributed by atoms with Crippen LogP contribution >= 0.6 is 7.82 Å². The van der Waals surface area contributed by atoms with Gasteiger partial charge in [-0.05, 0) is 19.8 Å². The lowest BCUT2D eigenvalue weighted by Crippen LogP contribution is -2.29. The largest absolute Gasteiger partial charge is 0.472 e. The van der Waals surface area contributed by atoms with Crippen LogP contribution < -0.4 is 0 Å². The lowest BCUT2D eigenvalue weighted by molar-refractivity contribution is -0.161. The number of phosphoric ester groups is 1. The Labute approximate surface area is 232 Å². The van der Waals surface area contributed by atoms with Crippen LogP contribution in [0.4, 0.5) is 0 Å². The van der Waals surface area contributed by atoms with E-state index in [1.165, 1.54) is 77.0 Å². The maximum absolute atomic E-state index is 12.3. The van der Waals surface area contributed by atoms with Crippen LogP contribution in [-0.4, -0.2) is 42.8 Å². The Morgan fingerprint density at radius 1 is 0.605 bits per heavy atom. The molecule has 0 rings (SSSR count). The van der Waals surface area contributed by atoms with E-state index in [4.69, 9.17) is 18.5 Å². The van der Waals surface area contributed by atoms with E-state index in [1.54, 1.807) is 6.92 Å². The predicted molar refractivity (Wildman–Crippen MR) is 152 cm³/mol. The Kier molecular flexibility index (Phi) is 25.6. The maximum atomic E-state index is 12.3. The first-order chi connectivity index (χ1) is 18.3. The lowest BCUT2D eigenvalue weighted by Gasteiger charge is -2.19. The third-order valence-electron chi connectivity index (χ3n) is 6.41. The van der Waals surface area contributed by atoms with Gasteiger partial charge in [0.15, 0.2) is 6.10 Å². The van der Waals surface area contributed by atoms with E-state index in [1.807, 2.05) is 0 Å². The second-order valence-corrected chi connectivity index (χ2v) is 11.6. The fraction of sp³-hybridized carbons (Fsp3) is 0.931. The highest BCUT2D eigenvalue weighted by Crippen LogP contribution is 2.43. The van der Waals surface area contributed by atoms with Crippen LogP contribution in [0.15, 0.2) is 0 Å². The van der Waals surface area contributed by atoms with E-state index in [0.29, 0.717) is 6.42 Å². The van der Waals surface area contributed by atoms with E-state index in [2.05, 4.69) is 13.8 Å². The molecule has 0 aromatic heterocycles. The number of hydrogen-bond donors (Lipinski definition) is 1. The van der Waals surface area contributed by atoms with Crippen LogP contribution in [0.2, 0.25) is 0 Å². The van der Waals surface area contributed by atoms with Crippen molar-refractivity contribution < 1.29 is 37.6 Å². The summed E-state index contributed by atoms with van der Waals surface area (Å²) in [6.07, 6.45) is 20.2. The SMILES string of the molecule is CCCCCCCCCCCC(=O)OCC(COP(=O)(O)OCC)OC(=O)CCCCCCCCCCC. The van der Waals surface area contributed by atoms with Crippen molar-refractivity contribution in [3.63, 3.8) is 0 Å². The molecule has 0 aliphatic carbocycles. The molecule has 2 atom stereocenters. The van der Waals surface area contributed by atoms with Crippen molar-refractivity contribution in [3.8, 4) is 0 Å². The van der Waals surface area contributed by atoms with Gasteiger partial charge >= 0.3 is 19.8 Å². The Morgan fingerprint density at radius 2 is 1.03 bits per heavy atom. The molecule has 0 heterocycles. The molecule has 8 nitrogen and oxygen atoms in total. The molecule has 0 fully saturated rings. The van der Waals surface area contributed by atoms with Crippen molar-refractivity contribution in [1.29, 1.82) is 0 Å². The third-order valence-corrected chi connectivity index (χ3v) is 7.47. The van der Waals surface area contributed by atoms with Gasteiger partial charge in [-0.3, -0.25) is 18.6 Å². The molecule has 0 amide bonds. The summed E-state index contributed by atoms with van der Waals surface area (Å²) in [4.78, 5) is 34.2. The van der Waals surface area contributed by atoms with Crippen molar-refractivity contribution in [3.05, 3.63) is 0 Å². The summed E-state index contributed by atoms with van der Waals surface area (Å²) in [6, 6.07) is 0. The van der Waals surface area contributed by atoms with Crippen LogP contribution in [0.5, 0.6) is 0 Å². The molecule has 0 spiro atoms. The molecule has 0 aliphatic heterocycles. The van der Waals surface area contributed by atoms with Crippen molar-refractivity contribution in [2.24, 2.45) is 0 Å². The number of unbranched alkanes of at least 4 members (excludes halogenated alkanes) is 16. The predicted octanol–water partition coefficient (Wildman–Crippen LogP) is 8.44. The summed E-state index contributed by atoms with van der Waals surface area (Å²) in [5.41, 5.74) is 0. The number of hydrogen-bond acceptors (Lipinski definition) is 7. The summed E-state index contributed by atoms with van der Waals surface area (Å²) < 4.78 is 32.2. The van der Waals surface area contributed by atoms with Gasteiger partial charge in [0.05, 0.1) is 13.2 Å². The second kappa shape index (κ2) is 26.3. The van der Waals surface area contributed by atoms with Gasteiger partial charge in [0.1, 0.15) is 6.61 Å². The molecule has 9 heteroatoms. The van der Waals surface area contributed by atoms with Gasteiger partial charge in [-0.2, -0.15) is 0 Å². The standard InChI is InChI=1S/C29H57O8P/c1-4-7-9-11-13-15-17-19-21-23-28(30)34-25-27(26-36-38(32,33)35-6-3)37-29(31)24-22-20-18-16-14-12-10-8-5-2/h27H,4-26H2,1-3H3,(H,32,33). The highest BCUT2D eigenvalue weighted by molar-refractivity contribution is 7.47. The summed E-state index contributed by atoms with van der Waals surface area (Å²) >= 11 is 0. The normalized spacial score (nSPS) is 13.7. The zero-order valence-corrected chi connectivity index (χ0v) is 25.5. The molecule has 0 aromatic carbocycles. The third kappa shape index (κ3) is 25.3. The molecule has 38 heavy (non-hydrogen) atoms. The Balaban J connectivity index is 4.27. The zero-order valence-electron chi connectivity index (χ0n) is 24.6. The van der Waals surface area contributed by atoms with Gasteiger partial charge < -0.3 is 14.4 Å². The van der Waals surface area contributed by atoms with Crippen LogP contribution in [0, 0.1) is 0 Å². The number of carbonyl (C=O) groups excluding carboxylic acids is 2. The Morgan fingerprint density at radius 3 is 1.47 bits per heavy atom. The van der Waals surface area contributed by atoms with Gasteiger partial charge in [-0.25, -0.2) is 4.57 Å². The average Bonchev–Trinajstić information content (AvgIpc) is 2.88. The molecule has 2 unspecified atom stereocenters. The van der Waals surface area contributed by atoms with Crippen molar-refractivity contribution in [2.45, 2.75) is 155 Å². The van der Waals surface area contributed by atoms with E-state index in [-0.39, 0.29) is 32.2 Å². The summed E-state index contributed by atoms with van der Waals surface area (Å²) in [5, 5.41) is 0. The second-order valence-electron chi connectivity index (χ2n) is 10.1. The van der Waals surface area contributed by atoms with Crippen LogP contribution in [0.3, 0.4) is 0 Å². The summed E-state index contributed by atoms with van der Waals surface area (Å²) in [6.45, 7) is 5.39. The van der Waals surface area contributed by atoms with Crippen molar-refractivity contribution in [2.75, 3.05) is 19.8 Å². The Bertz CT molecular complexity index is 613.